The first-order chi connectivity index (χ1) is 12.3. The normalized spacial score (nSPS) is 22.0. The maximum Gasteiger partial charge on any atom is 0.340 e. The third-order valence-electron chi connectivity index (χ3n) is 5.08. The van der Waals surface area contributed by atoms with Crippen molar-refractivity contribution in [2.75, 3.05) is 7.11 Å². The van der Waals surface area contributed by atoms with Gasteiger partial charge in [0, 0.05) is 18.4 Å². The summed E-state index contributed by atoms with van der Waals surface area (Å²) in [6.45, 7) is 6.13. The fourth-order valence-electron chi connectivity index (χ4n) is 3.77. The number of aryl methyl sites for hydroxylation is 1. The first-order valence-corrected chi connectivity index (χ1v) is 8.88. The number of benzene rings is 1. The summed E-state index contributed by atoms with van der Waals surface area (Å²) in [7, 11) is 1.30. The Morgan fingerprint density at radius 3 is 2.50 bits per heavy atom. The zero-order valence-electron chi connectivity index (χ0n) is 15.7. The van der Waals surface area contributed by atoms with Crippen LogP contribution in [0.2, 0.25) is 0 Å². The summed E-state index contributed by atoms with van der Waals surface area (Å²) >= 11 is 0. The van der Waals surface area contributed by atoms with E-state index in [0.717, 1.165) is 12.0 Å². The average molecular weight is 355 g/mol. The standard InChI is InChI=1S/C21H25NO4/c1-5-12-6-8-13(9-7-12)16-17-14(23)10-21(2,3)11-15(17)26-19(22)18(16)20(24)25-4/h6-9,16H,5,10-11,22H2,1-4H3. The minimum atomic E-state index is -0.573. The SMILES string of the molecule is CCc1ccc(C2C(C(=O)OC)=C(N)OC3=C2C(=O)CC(C)(C)C3)cc1. The van der Waals surface area contributed by atoms with E-state index in [1.54, 1.807) is 0 Å². The molecule has 0 spiro atoms. The Morgan fingerprint density at radius 2 is 1.92 bits per heavy atom. The third-order valence-corrected chi connectivity index (χ3v) is 5.08. The van der Waals surface area contributed by atoms with Crippen LogP contribution in [-0.2, 0) is 25.5 Å². The fourth-order valence-corrected chi connectivity index (χ4v) is 3.77. The van der Waals surface area contributed by atoms with E-state index in [1.165, 1.54) is 12.7 Å². The van der Waals surface area contributed by atoms with Crippen molar-refractivity contribution >= 4 is 11.8 Å². The molecule has 3 rings (SSSR count). The molecular formula is C21H25NO4. The zero-order chi connectivity index (χ0) is 19.1. The van der Waals surface area contributed by atoms with Crippen LogP contribution in [0.4, 0.5) is 0 Å². The second-order valence-electron chi connectivity index (χ2n) is 7.68. The molecule has 2 N–H and O–H groups in total. The Balaban J connectivity index is 2.17. The van der Waals surface area contributed by atoms with Gasteiger partial charge in [-0.3, -0.25) is 4.79 Å². The molecule has 0 radical (unpaired) electrons. The molecule has 1 aliphatic heterocycles. The van der Waals surface area contributed by atoms with Gasteiger partial charge in [0.25, 0.3) is 0 Å². The molecule has 0 saturated heterocycles. The van der Waals surface area contributed by atoms with Crippen LogP contribution >= 0.6 is 0 Å². The molecule has 0 fully saturated rings. The van der Waals surface area contributed by atoms with Crippen LogP contribution in [0.25, 0.3) is 0 Å². The molecule has 1 aromatic rings. The Morgan fingerprint density at radius 1 is 1.27 bits per heavy atom. The van der Waals surface area contributed by atoms with E-state index in [1.807, 2.05) is 38.1 Å². The van der Waals surface area contributed by atoms with Gasteiger partial charge in [0.05, 0.1) is 13.0 Å². The van der Waals surface area contributed by atoms with Gasteiger partial charge in [0.15, 0.2) is 5.78 Å². The summed E-state index contributed by atoms with van der Waals surface area (Å²) in [6, 6.07) is 7.91. The molecule has 5 heteroatoms. The number of Topliss-reactive ketones (excluding diaryl/α,β-unsaturated/α-hetero) is 1. The predicted molar refractivity (Wildman–Crippen MR) is 97.9 cm³/mol. The van der Waals surface area contributed by atoms with Crippen LogP contribution in [-0.4, -0.2) is 18.9 Å². The van der Waals surface area contributed by atoms with Crippen molar-refractivity contribution in [3.8, 4) is 0 Å². The summed E-state index contributed by atoms with van der Waals surface area (Å²) in [4.78, 5) is 25.4. The summed E-state index contributed by atoms with van der Waals surface area (Å²) in [5.41, 5.74) is 8.65. The van der Waals surface area contributed by atoms with Gasteiger partial charge in [0.2, 0.25) is 5.88 Å². The lowest BCUT2D eigenvalue weighted by molar-refractivity contribution is -0.136. The van der Waals surface area contributed by atoms with Crippen LogP contribution < -0.4 is 5.73 Å². The van der Waals surface area contributed by atoms with Crippen LogP contribution in [0.1, 0.15) is 50.7 Å². The molecular weight excluding hydrogens is 330 g/mol. The maximum atomic E-state index is 13.0. The number of nitrogens with two attached hydrogens (primary N) is 1. The van der Waals surface area contributed by atoms with Gasteiger partial charge >= 0.3 is 5.97 Å². The van der Waals surface area contributed by atoms with E-state index in [9.17, 15) is 9.59 Å². The zero-order valence-corrected chi connectivity index (χ0v) is 15.7. The molecule has 0 amide bonds. The van der Waals surface area contributed by atoms with Crippen LogP contribution in [0, 0.1) is 5.41 Å². The smallest absolute Gasteiger partial charge is 0.340 e. The van der Waals surface area contributed by atoms with E-state index >= 15 is 0 Å². The number of methoxy groups -OCH3 is 1. The molecule has 1 atom stereocenters. The van der Waals surface area contributed by atoms with Gasteiger partial charge in [-0.05, 0) is 23.0 Å². The van der Waals surface area contributed by atoms with Crippen LogP contribution in [0.3, 0.4) is 0 Å². The average Bonchev–Trinajstić information content (AvgIpc) is 2.59. The Hall–Kier alpha value is -2.56. The second kappa shape index (κ2) is 6.63. The topological polar surface area (TPSA) is 78.6 Å². The van der Waals surface area contributed by atoms with Crippen molar-refractivity contribution in [2.45, 2.75) is 46.0 Å². The Bertz CT molecular complexity index is 815. The molecule has 26 heavy (non-hydrogen) atoms. The Labute approximate surface area is 153 Å². The van der Waals surface area contributed by atoms with Gasteiger partial charge in [-0.2, -0.15) is 0 Å². The summed E-state index contributed by atoms with van der Waals surface area (Å²) in [6.07, 6.45) is 1.93. The van der Waals surface area contributed by atoms with E-state index in [0.29, 0.717) is 24.2 Å². The number of ketones is 1. The molecule has 0 aromatic heterocycles. The number of carbonyl (C=O) groups excluding carboxylic acids is 2. The monoisotopic (exact) mass is 355 g/mol. The second-order valence-corrected chi connectivity index (χ2v) is 7.68. The highest BCUT2D eigenvalue weighted by atomic mass is 16.5. The molecule has 1 aliphatic carbocycles. The first-order valence-electron chi connectivity index (χ1n) is 8.88. The molecule has 2 aliphatic rings. The van der Waals surface area contributed by atoms with Gasteiger partial charge in [-0.25, -0.2) is 4.79 Å². The molecule has 1 unspecified atom stereocenters. The van der Waals surface area contributed by atoms with Gasteiger partial charge < -0.3 is 15.2 Å². The minimum Gasteiger partial charge on any atom is -0.465 e. The van der Waals surface area contributed by atoms with Crippen molar-refractivity contribution in [2.24, 2.45) is 11.1 Å². The number of rotatable bonds is 3. The van der Waals surface area contributed by atoms with Gasteiger partial charge in [-0.1, -0.05) is 45.0 Å². The fraction of sp³-hybridized carbons (Fsp3) is 0.429. The Kier molecular flexibility index (Phi) is 4.65. The van der Waals surface area contributed by atoms with Crippen molar-refractivity contribution in [1.82, 2.24) is 0 Å². The van der Waals surface area contributed by atoms with Crippen molar-refractivity contribution in [3.05, 3.63) is 58.2 Å². The lowest BCUT2D eigenvalue weighted by atomic mass is 9.70. The largest absolute Gasteiger partial charge is 0.465 e. The van der Waals surface area contributed by atoms with Crippen molar-refractivity contribution < 1.29 is 19.1 Å². The van der Waals surface area contributed by atoms with Crippen LogP contribution in [0.15, 0.2) is 47.1 Å². The molecule has 0 saturated carbocycles. The maximum absolute atomic E-state index is 13.0. The number of allylic oxidation sites excluding steroid dienone is 2. The molecule has 0 bridgehead atoms. The molecule has 5 nitrogen and oxygen atoms in total. The van der Waals surface area contributed by atoms with E-state index in [4.69, 9.17) is 15.2 Å². The van der Waals surface area contributed by atoms with E-state index in [2.05, 4.69) is 6.92 Å². The number of hydrogen-bond donors (Lipinski definition) is 1. The first kappa shape index (κ1) is 18.2. The number of ether oxygens (including phenoxy) is 2. The minimum absolute atomic E-state index is 0.00489. The van der Waals surface area contributed by atoms with Gasteiger partial charge in [-0.15, -0.1) is 0 Å². The number of hydrogen-bond acceptors (Lipinski definition) is 5. The molecule has 1 aromatic carbocycles. The summed E-state index contributed by atoms with van der Waals surface area (Å²) < 4.78 is 10.7. The van der Waals surface area contributed by atoms with E-state index < -0.39 is 11.9 Å². The number of carbonyl (C=O) groups is 2. The lowest BCUT2D eigenvalue weighted by Gasteiger charge is -2.37. The highest BCUT2D eigenvalue weighted by molar-refractivity contribution is 6.03. The molecule has 1 heterocycles. The van der Waals surface area contributed by atoms with Gasteiger partial charge in [0.1, 0.15) is 11.3 Å². The van der Waals surface area contributed by atoms with Crippen molar-refractivity contribution in [1.29, 1.82) is 0 Å². The van der Waals surface area contributed by atoms with Crippen molar-refractivity contribution in [3.63, 3.8) is 0 Å². The number of esters is 1. The lowest BCUT2D eigenvalue weighted by Crippen LogP contribution is -2.35. The quantitative estimate of drug-likeness (QED) is 0.841. The van der Waals surface area contributed by atoms with E-state index in [-0.39, 0.29) is 22.7 Å². The highest BCUT2D eigenvalue weighted by Gasteiger charge is 2.44. The highest BCUT2D eigenvalue weighted by Crippen LogP contribution is 2.48. The summed E-state index contributed by atoms with van der Waals surface area (Å²) in [5, 5.41) is 0. The molecule has 138 valence electrons. The third kappa shape index (κ3) is 3.14. The summed E-state index contributed by atoms with van der Waals surface area (Å²) in [5.74, 6) is -0.543. The predicted octanol–water partition coefficient (Wildman–Crippen LogP) is 3.35. The van der Waals surface area contributed by atoms with Crippen LogP contribution in [0.5, 0.6) is 0 Å².